The molecule has 0 spiro atoms. The van der Waals surface area contributed by atoms with Crippen molar-refractivity contribution in [3.05, 3.63) is 53.8 Å². The van der Waals surface area contributed by atoms with Crippen molar-refractivity contribution in [3.63, 3.8) is 0 Å². The highest BCUT2D eigenvalue weighted by Crippen LogP contribution is 2.25. The van der Waals surface area contributed by atoms with E-state index in [0.717, 1.165) is 0 Å². The number of carbonyl (C=O) groups is 2. The van der Waals surface area contributed by atoms with Gasteiger partial charge in [-0.3, -0.25) is 15.0 Å². The van der Waals surface area contributed by atoms with Crippen molar-refractivity contribution < 1.29 is 27.1 Å². The average molecular weight is 407 g/mol. The lowest BCUT2D eigenvalue weighted by Gasteiger charge is -2.18. The predicted molar refractivity (Wildman–Crippen MR) is 98.3 cm³/mol. The molecule has 2 aromatic rings. The van der Waals surface area contributed by atoms with Crippen LogP contribution in [0.1, 0.15) is 18.9 Å². The Morgan fingerprint density at radius 2 is 1.96 bits per heavy atom. The molecule has 8 nitrogen and oxygen atoms in total. The molecule has 0 aliphatic carbocycles. The van der Waals surface area contributed by atoms with Gasteiger partial charge in [0.25, 0.3) is 15.9 Å². The topological polar surface area (TPSA) is 114 Å². The molecule has 1 aliphatic heterocycles. The number of ether oxygens (including phenoxy) is 1. The fourth-order valence-electron chi connectivity index (χ4n) is 2.59. The highest BCUT2D eigenvalue weighted by atomic mass is 32.2. The summed E-state index contributed by atoms with van der Waals surface area (Å²) in [5.74, 6) is -1.68. The van der Waals surface area contributed by atoms with Gasteiger partial charge < -0.3 is 10.1 Å². The standard InChI is InChI=1S/C18H18FN3O5S/c1-11(27-16-5-3-2-4-14(16)19)18(24)21-22-28(25,26)13-7-8-15-12(10-13)6-9-17(23)20-15/h2-5,7-8,10-11,22H,6,9H2,1H3,(H,20,23)(H,21,24)/t11-/m0/s1. The Bertz CT molecular complexity index is 1030. The van der Waals surface area contributed by atoms with Gasteiger partial charge >= 0.3 is 0 Å². The van der Waals surface area contributed by atoms with Crippen LogP contribution in [0.15, 0.2) is 47.4 Å². The molecule has 10 heteroatoms. The van der Waals surface area contributed by atoms with Crippen molar-refractivity contribution in [2.75, 3.05) is 5.32 Å². The van der Waals surface area contributed by atoms with E-state index in [2.05, 4.69) is 10.7 Å². The summed E-state index contributed by atoms with van der Waals surface area (Å²) in [5, 5.41) is 2.66. The third-order valence-electron chi connectivity index (χ3n) is 4.10. The van der Waals surface area contributed by atoms with Gasteiger partial charge in [0.15, 0.2) is 17.7 Å². The molecule has 3 N–H and O–H groups in total. The largest absolute Gasteiger partial charge is 0.478 e. The first-order chi connectivity index (χ1) is 13.3. The number of hydrogen-bond acceptors (Lipinski definition) is 5. The molecule has 0 bridgehead atoms. The summed E-state index contributed by atoms with van der Waals surface area (Å²) in [4.78, 5) is 25.4. The first-order valence-electron chi connectivity index (χ1n) is 8.42. The minimum atomic E-state index is -4.04. The number of nitrogens with one attached hydrogen (secondary N) is 3. The van der Waals surface area contributed by atoms with Crippen molar-refractivity contribution in [2.24, 2.45) is 0 Å². The molecule has 2 amide bonds. The molecular formula is C18H18FN3O5S. The Kier molecular flexibility index (Phi) is 5.61. The van der Waals surface area contributed by atoms with Crippen molar-refractivity contribution >= 4 is 27.5 Å². The van der Waals surface area contributed by atoms with E-state index in [1.54, 1.807) is 6.07 Å². The molecule has 2 aromatic carbocycles. The number of halogens is 1. The van der Waals surface area contributed by atoms with E-state index in [1.165, 1.54) is 43.3 Å². The second kappa shape index (κ2) is 7.95. The van der Waals surface area contributed by atoms with Gasteiger partial charge in [-0.1, -0.05) is 12.1 Å². The molecule has 148 valence electrons. The van der Waals surface area contributed by atoms with E-state index in [-0.39, 0.29) is 23.0 Å². The number of carbonyl (C=O) groups excluding carboxylic acids is 2. The molecule has 28 heavy (non-hydrogen) atoms. The summed E-state index contributed by atoms with van der Waals surface area (Å²) in [6.45, 7) is 1.36. The van der Waals surface area contributed by atoms with Crippen LogP contribution in [0.2, 0.25) is 0 Å². The lowest BCUT2D eigenvalue weighted by molar-refractivity contribution is -0.127. The van der Waals surface area contributed by atoms with Crippen LogP contribution < -0.4 is 20.3 Å². The zero-order valence-electron chi connectivity index (χ0n) is 14.9. The summed E-state index contributed by atoms with van der Waals surface area (Å²) in [6.07, 6.45) is -0.450. The van der Waals surface area contributed by atoms with Crippen molar-refractivity contribution in [3.8, 4) is 5.75 Å². The van der Waals surface area contributed by atoms with E-state index < -0.39 is 27.9 Å². The van der Waals surface area contributed by atoms with Gasteiger partial charge in [0.1, 0.15) is 0 Å². The zero-order valence-corrected chi connectivity index (χ0v) is 15.7. The van der Waals surface area contributed by atoms with Crippen molar-refractivity contribution in [1.29, 1.82) is 0 Å². The summed E-state index contributed by atoms with van der Waals surface area (Å²) < 4.78 is 43.6. The predicted octanol–water partition coefficient (Wildman–Crippen LogP) is 1.49. The van der Waals surface area contributed by atoms with Gasteiger partial charge in [0.2, 0.25) is 5.91 Å². The normalized spacial score (nSPS) is 14.6. The number of rotatable bonds is 6. The summed E-state index contributed by atoms with van der Waals surface area (Å²) in [7, 11) is -4.04. The van der Waals surface area contributed by atoms with Crippen molar-refractivity contribution in [2.45, 2.75) is 30.8 Å². The Morgan fingerprint density at radius 3 is 2.71 bits per heavy atom. The molecule has 1 heterocycles. The molecular weight excluding hydrogens is 389 g/mol. The van der Waals surface area contributed by atoms with Crippen LogP contribution in [0, 0.1) is 5.82 Å². The van der Waals surface area contributed by atoms with E-state index in [0.29, 0.717) is 17.7 Å². The van der Waals surface area contributed by atoms with Crippen LogP contribution in [0.4, 0.5) is 10.1 Å². The molecule has 3 rings (SSSR count). The van der Waals surface area contributed by atoms with Crippen LogP contribution in [-0.4, -0.2) is 26.3 Å². The first kappa shape index (κ1) is 19.8. The van der Waals surface area contributed by atoms with E-state index in [4.69, 9.17) is 4.74 Å². The van der Waals surface area contributed by atoms with E-state index >= 15 is 0 Å². The number of hydrogen-bond donors (Lipinski definition) is 3. The number of sulfonamides is 1. The van der Waals surface area contributed by atoms with Crippen LogP contribution in [0.25, 0.3) is 0 Å². The molecule has 1 atom stereocenters. The number of fused-ring (bicyclic) bond motifs is 1. The molecule has 0 saturated heterocycles. The van der Waals surface area contributed by atoms with Gasteiger partial charge in [-0.2, -0.15) is 0 Å². The lowest BCUT2D eigenvalue weighted by atomic mass is 10.0. The minimum Gasteiger partial charge on any atom is -0.478 e. The van der Waals surface area contributed by atoms with Gasteiger partial charge in [-0.15, -0.1) is 4.83 Å². The quantitative estimate of drug-likeness (QED) is 0.628. The third-order valence-corrected chi connectivity index (χ3v) is 5.35. The molecule has 1 aliphatic rings. The number of anilines is 1. The number of hydrazine groups is 1. The third kappa shape index (κ3) is 4.46. The lowest BCUT2D eigenvalue weighted by Crippen LogP contribution is -2.47. The summed E-state index contributed by atoms with van der Waals surface area (Å²) in [6, 6.07) is 9.80. The maximum atomic E-state index is 13.6. The number of amides is 2. The molecule has 0 unspecified atom stereocenters. The maximum Gasteiger partial charge on any atom is 0.275 e. The smallest absolute Gasteiger partial charge is 0.275 e. The Labute approximate surface area is 161 Å². The Hall–Kier alpha value is -2.98. The fraction of sp³-hybridized carbons (Fsp3) is 0.222. The van der Waals surface area contributed by atoms with Gasteiger partial charge in [0, 0.05) is 12.1 Å². The van der Waals surface area contributed by atoms with Gasteiger partial charge in [-0.05, 0) is 49.2 Å². The highest BCUT2D eigenvalue weighted by molar-refractivity contribution is 7.89. The summed E-state index contributed by atoms with van der Waals surface area (Å²) in [5.41, 5.74) is 3.30. The fourth-order valence-corrected chi connectivity index (χ4v) is 3.49. The van der Waals surface area contributed by atoms with Crippen LogP contribution >= 0.6 is 0 Å². The number of benzene rings is 2. The second-order valence-corrected chi connectivity index (χ2v) is 7.83. The maximum absolute atomic E-state index is 13.6. The minimum absolute atomic E-state index is 0.0645. The SMILES string of the molecule is C[C@H](Oc1ccccc1F)C(=O)NNS(=O)(=O)c1ccc2c(c1)CCC(=O)N2. The van der Waals surface area contributed by atoms with Crippen molar-refractivity contribution in [1.82, 2.24) is 10.3 Å². The number of aryl methyl sites for hydroxylation is 1. The van der Waals surface area contributed by atoms with E-state index in [9.17, 15) is 22.4 Å². The Morgan fingerprint density at radius 1 is 1.21 bits per heavy atom. The van der Waals surface area contributed by atoms with Crippen LogP contribution in [0.3, 0.4) is 0 Å². The molecule has 0 radical (unpaired) electrons. The average Bonchev–Trinajstić information content (AvgIpc) is 2.67. The monoisotopic (exact) mass is 407 g/mol. The molecule has 0 saturated carbocycles. The van der Waals surface area contributed by atoms with Gasteiger partial charge in [0.05, 0.1) is 4.90 Å². The van der Waals surface area contributed by atoms with E-state index in [1.807, 2.05) is 4.83 Å². The second-order valence-electron chi connectivity index (χ2n) is 6.15. The summed E-state index contributed by atoms with van der Waals surface area (Å²) >= 11 is 0. The first-order valence-corrected chi connectivity index (χ1v) is 9.90. The zero-order chi connectivity index (χ0) is 20.3. The Balaban J connectivity index is 1.64. The van der Waals surface area contributed by atoms with Crippen LogP contribution in [-0.2, 0) is 26.0 Å². The van der Waals surface area contributed by atoms with Crippen LogP contribution in [0.5, 0.6) is 5.75 Å². The molecule has 0 fully saturated rings. The van der Waals surface area contributed by atoms with Gasteiger partial charge in [-0.25, -0.2) is 12.8 Å². The number of para-hydroxylation sites is 1. The molecule has 0 aromatic heterocycles. The highest BCUT2D eigenvalue weighted by Gasteiger charge is 2.22.